The van der Waals surface area contributed by atoms with Gasteiger partial charge in [0.15, 0.2) is 15.8 Å². The molecule has 0 amide bonds. The molecule has 25 heavy (non-hydrogen) atoms. The van der Waals surface area contributed by atoms with E-state index >= 15 is 0 Å². The predicted molar refractivity (Wildman–Crippen MR) is 105 cm³/mol. The number of sulfone groups is 1. The molecule has 3 N–H and O–H groups in total. The van der Waals surface area contributed by atoms with E-state index in [1.165, 1.54) is 10.9 Å². The van der Waals surface area contributed by atoms with Gasteiger partial charge in [-0.3, -0.25) is 4.99 Å². The molecule has 2 aromatic rings. The van der Waals surface area contributed by atoms with Crippen molar-refractivity contribution in [3.8, 4) is 0 Å². The van der Waals surface area contributed by atoms with E-state index in [-0.39, 0.29) is 5.75 Å². The van der Waals surface area contributed by atoms with E-state index in [1.54, 1.807) is 27.8 Å². The first-order chi connectivity index (χ1) is 11.7. The average Bonchev–Trinajstić information content (AvgIpc) is 2.95. The fourth-order valence-corrected chi connectivity index (χ4v) is 3.47. The van der Waals surface area contributed by atoms with Gasteiger partial charge in [0.2, 0.25) is 0 Å². The van der Waals surface area contributed by atoms with E-state index in [0.717, 1.165) is 11.9 Å². The van der Waals surface area contributed by atoms with Crippen LogP contribution in [0, 0.1) is 0 Å². The van der Waals surface area contributed by atoms with Crippen molar-refractivity contribution in [1.82, 2.24) is 15.6 Å². The van der Waals surface area contributed by atoms with Gasteiger partial charge in [0.1, 0.15) is 0 Å². The highest BCUT2D eigenvalue weighted by Gasteiger charge is 2.28. The Morgan fingerprint density at radius 2 is 1.84 bits per heavy atom. The van der Waals surface area contributed by atoms with Crippen LogP contribution in [0.3, 0.4) is 0 Å². The molecular formula is C18H28N4O2S. The zero-order chi connectivity index (χ0) is 18.5. The van der Waals surface area contributed by atoms with Crippen LogP contribution in [-0.4, -0.2) is 50.0 Å². The van der Waals surface area contributed by atoms with E-state index < -0.39 is 14.6 Å². The van der Waals surface area contributed by atoms with Crippen molar-refractivity contribution in [2.24, 2.45) is 4.99 Å². The average molecular weight is 365 g/mol. The third kappa shape index (κ3) is 4.98. The molecule has 0 saturated heterocycles. The third-order valence-electron chi connectivity index (χ3n) is 4.18. The van der Waals surface area contributed by atoms with E-state index in [9.17, 15) is 8.42 Å². The number of hydrogen-bond acceptors (Lipinski definition) is 3. The number of hydrogen-bond donors (Lipinski definition) is 3. The summed E-state index contributed by atoms with van der Waals surface area (Å²) in [5.74, 6) is 0.698. The zero-order valence-electron chi connectivity index (χ0n) is 15.4. The normalized spacial score (nSPS) is 13.2. The second-order valence-electron chi connectivity index (χ2n) is 6.97. The molecule has 0 saturated carbocycles. The van der Waals surface area contributed by atoms with Crippen molar-refractivity contribution in [2.45, 2.75) is 31.9 Å². The van der Waals surface area contributed by atoms with Crippen LogP contribution in [0.1, 0.15) is 26.3 Å². The molecule has 138 valence electrons. The smallest absolute Gasteiger partial charge is 0.191 e. The minimum absolute atomic E-state index is 0.0830. The molecule has 0 aliphatic carbocycles. The van der Waals surface area contributed by atoms with Gasteiger partial charge >= 0.3 is 0 Å². The number of aliphatic imine (C=N–C) groups is 1. The van der Waals surface area contributed by atoms with Gasteiger partial charge in [-0.25, -0.2) is 8.42 Å². The van der Waals surface area contributed by atoms with Crippen LogP contribution in [0.2, 0.25) is 0 Å². The van der Waals surface area contributed by atoms with Crippen LogP contribution < -0.4 is 10.6 Å². The summed E-state index contributed by atoms with van der Waals surface area (Å²) in [4.78, 5) is 7.41. The summed E-state index contributed by atoms with van der Waals surface area (Å²) in [5.41, 5.74) is 2.38. The van der Waals surface area contributed by atoms with Crippen molar-refractivity contribution in [1.29, 1.82) is 0 Å². The highest BCUT2D eigenvalue weighted by atomic mass is 32.2. The summed E-state index contributed by atoms with van der Waals surface area (Å²) in [6.07, 6.45) is 2.88. The lowest BCUT2D eigenvalue weighted by Crippen LogP contribution is -2.42. The molecule has 1 heterocycles. The van der Waals surface area contributed by atoms with Gasteiger partial charge in [-0.1, -0.05) is 18.2 Å². The van der Waals surface area contributed by atoms with Gasteiger partial charge in [0.05, 0.1) is 10.5 Å². The number of nitrogens with zero attached hydrogens (tertiary/aromatic N) is 1. The monoisotopic (exact) mass is 364 g/mol. The number of aromatic nitrogens is 1. The van der Waals surface area contributed by atoms with Gasteiger partial charge in [0, 0.05) is 37.2 Å². The maximum atomic E-state index is 12.1. The first-order valence-electron chi connectivity index (χ1n) is 8.46. The highest BCUT2D eigenvalue weighted by Crippen LogP contribution is 2.17. The van der Waals surface area contributed by atoms with Gasteiger partial charge < -0.3 is 15.6 Å². The first-order valence-corrected chi connectivity index (χ1v) is 10.1. The fraction of sp³-hybridized carbons (Fsp3) is 0.500. The molecule has 0 aliphatic rings. The Hall–Kier alpha value is -2.02. The van der Waals surface area contributed by atoms with E-state index in [1.807, 2.05) is 18.3 Å². The molecule has 1 aromatic carbocycles. The number of guanidine groups is 1. The highest BCUT2D eigenvalue weighted by molar-refractivity contribution is 7.92. The van der Waals surface area contributed by atoms with Crippen molar-refractivity contribution >= 4 is 26.7 Å². The summed E-state index contributed by atoms with van der Waals surface area (Å²) in [5, 5.41) is 7.52. The Morgan fingerprint density at radius 1 is 1.16 bits per heavy atom. The second-order valence-corrected chi connectivity index (χ2v) is 9.83. The topological polar surface area (TPSA) is 86.3 Å². The van der Waals surface area contributed by atoms with Crippen molar-refractivity contribution in [3.05, 3.63) is 36.0 Å². The molecule has 6 nitrogen and oxygen atoms in total. The van der Waals surface area contributed by atoms with Crippen molar-refractivity contribution in [3.63, 3.8) is 0 Å². The Morgan fingerprint density at radius 3 is 2.52 bits per heavy atom. The van der Waals surface area contributed by atoms with Gasteiger partial charge in [-0.2, -0.15) is 0 Å². The number of para-hydroxylation sites is 1. The molecule has 7 heteroatoms. The SMILES string of the molecule is CN=C(NCCc1c[nH]c2ccccc12)NCCS(=O)(=O)C(C)(C)C. The summed E-state index contributed by atoms with van der Waals surface area (Å²) in [6.45, 7) is 6.21. The molecule has 0 radical (unpaired) electrons. The van der Waals surface area contributed by atoms with E-state index in [2.05, 4.69) is 32.7 Å². The summed E-state index contributed by atoms with van der Waals surface area (Å²) < 4.78 is 23.5. The van der Waals surface area contributed by atoms with E-state index in [4.69, 9.17) is 0 Å². The Balaban J connectivity index is 1.81. The summed E-state index contributed by atoms with van der Waals surface area (Å²) in [7, 11) is -1.45. The molecule has 0 bridgehead atoms. The van der Waals surface area contributed by atoms with Crippen LogP contribution in [0.25, 0.3) is 10.9 Å². The molecule has 0 fully saturated rings. The quantitative estimate of drug-likeness (QED) is 0.541. The molecule has 0 spiro atoms. The molecule has 0 unspecified atom stereocenters. The summed E-state index contributed by atoms with van der Waals surface area (Å²) in [6, 6.07) is 8.20. The largest absolute Gasteiger partial charge is 0.361 e. The standard InChI is InChI=1S/C18H28N4O2S/c1-18(2,3)25(23,24)12-11-21-17(19-4)20-10-9-14-13-22-16-8-6-5-7-15(14)16/h5-8,13,22H,9-12H2,1-4H3,(H2,19,20,21). The molecule has 0 aliphatic heterocycles. The minimum Gasteiger partial charge on any atom is -0.361 e. The Bertz CT molecular complexity index is 832. The number of H-pyrrole nitrogens is 1. The molecule has 1 aromatic heterocycles. The van der Waals surface area contributed by atoms with Crippen LogP contribution in [0.5, 0.6) is 0 Å². The van der Waals surface area contributed by atoms with Crippen molar-refractivity contribution in [2.75, 3.05) is 25.9 Å². The molecule has 0 atom stereocenters. The zero-order valence-corrected chi connectivity index (χ0v) is 16.2. The summed E-state index contributed by atoms with van der Waals surface area (Å²) >= 11 is 0. The number of nitrogens with one attached hydrogen (secondary N) is 3. The lowest BCUT2D eigenvalue weighted by molar-refractivity contribution is 0.559. The van der Waals surface area contributed by atoms with Crippen LogP contribution in [0.15, 0.2) is 35.5 Å². The van der Waals surface area contributed by atoms with Gasteiger partial charge in [0.25, 0.3) is 0 Å². The molecule has 2 rings (SSSR count). The third-order valence-corrected chi connectivity index (χ3v) is 6.79. The van der Waals surface area contributed by atoms with Crippen LogP contribution in [-0.2, 0) is 16.3 Å². The number of fused-ring (bicyclic) bond motifs is 1. The van der Waals surface area contributed by atoms with Crippen LogP contribution in [0.4, 0.5) is 0 Å². The van der Waals surface area contributed by atoms with Gasteiger partial charge in [-0.15, -0.1) is 0 Å². The fourth-order valence-electron chi connectivity index (χ4n) is 2.48. The van der Waals surface area contributed by atoms with Gasteiger partial charge in [-0.05, 0) is 38.8 Å². The molecular weight excluding hydrogens is 336 g/mol. The predicted octanol–water partition coefficient (Wildman–Crippen LogP) is 2.09. The minimum atomic E-state index is -3.13. The second kappa shape index (κ2) is 7.91. The van der Waals surface area contributed by atoms with Crippen LogP contribution >= 0.6 is 0 Å². The number of benzene rings is 1. The lowest BCUT2D eigenvalue weighted by atomic mass is 10.1. The van der Waals surface area contributed by atoms with Crippen molar-refractivity contribution < 1.29 is 8.42 Å². The first kappa shape index (κ1) is 19.3. The maximum absolute atomic E-state index is 12.1. The lowest BCUT2D eigenvalue weighted by Gasteiger charge is -2.19. The Kier molecular flexibility index (Phi) is 6.11. The van der Waals surface area contributed by atoms with E-state index in [0.29, 0.717) is 19.0 Å². The number of rotatable bonds is 6. The maximum Gasteiger partial charge on any atom is 0.191 e. The Labute approximate surface area is 150 Å². The number of aromatic amines is 1.